The molecule has 1 amide bonds. The van der Waals surface area contributed by atoms with Gasteiger partial charge in [-0.2, -0.15) is 0 Å². The Labute approximate surface area is 99.9 Å². The molecule has 17 heavy (non-hydrogen) atoms. The third-order valence-electron chi connectivity index (χ3n) is 2.34. The molecular weight excluding hydrogens is 220 g/mol. The van der Waals surface area contributed by atoms with Gasteiger partial charge in [-0.15, -0.1) is 0 Å². The summed E-state index contributed by atoms with van der Waals surface area (Å²) in [6, 6.07) is 3.29. The number of carboxylic acids is 1. The van der Waals surface area contributed by atoms with Crippen LogP contribution in [0.5, 0.6) is 0 Å². The summed E-state index contributed by atoms with van der Waals surface area (Å²) in [7, 11) is 0. The molecule has 1 aromatic heterocycles. The first kappa shape index (κ1) is 13.2. The molecule has 0 unspecified atom stereocenters. The molecule has 0 fully saturated rings. The zero-order chi connectivity index (χ0) is 12.8. The summed E-state index contributed by atoms with van der Waals surface area (Å²) in [5.41, 5.74) is 1.33. The van der Waals surface area contributed by atoms with Crippen LogP contribution in [0.25, 0.3) is 0 Å². The highest BCUT2D eigenvalue weighted by Gasteiger charge is 2.11. The van der Waals surface area contributed by atoms with Crippen LogP contribution in [0, 0.1) is 6.92 Å². The molecular formula is C12H16N2O3. The standard InChI is InChI=1S/C12H16N2O3/c1-8-3-5-10(7-13-8)12(17)14-9(2)4-6-11(15)16/h3,5,7,9H,4,6H2,1-2H3,(H,14,17)(H,15,16)/t9-/m0/s1. The maximum Gasteiger partial charge on any atom is 0.303 e. The normalized spacial score (nSPS) is 11.9. The number of aromatic nitrogens is 1. The molecule has 0 aliphatic heterocycles. The molecule has 1 rings (SSSR count). The number of carbonyl (C=O) groups excluding carboxylic acids is 1. The maximum absolute atomic E-state index is 11.7. The molecule has 0 saturated carbocycles. The van der Waals surface area contributed by atoms with Crippen molar-refractivity contribution in [3.05, 3.63) is 29.6 Å². The fourth-order valence-electron chi connectivity index (χ4n) is 1.32. The number of pyridine rings is 1. The van der Waals surface area contributed by atoms with Crippen molar-refractivity contribution in [2.75, 3.05) is 0 Å². The quantitative estimate of drug-likeness (QED) is 0.809. The number of amides is 1. The van der Waals surface area contributed by atoms with E-state index in [0.29, 0.717) is 12.0 Å². The van der Waals surface area contributed by atoms with E-state index in [4.69, 9.17) is 5.11 Å². The number of rotatable bonds is 5. The second-order valence-corrected chi connectivity index (χ2v) is 4.00. The summed E-state index contributed by atoms with van der Waals surface area (Å²) < 4.78 is 0. The minimum Gasteiger partial charge on any atom is -0.481 e. The topological polar surface area (TPSA) is 79.3 Å². The molecule has 0 radical (unpaired) electrons. The van der Waals surface area contributed by atoms with E-state index in [-0.39, 0.29) is 18.4 Å². The number of carboxylic acid groups (broad SMARTS) is 1. The van der Waals surface area contributed by atoms with Crippen LogP contribution in [0.3, 0.4) is 0 Å². The number of nitrogens with one attached hydrogen (secondary N) is 1. The van der Waals surface area contributed by atoms with Gasteiger partial charge in [0.2, 0.25) is 0 Å². The first-order valence-electron chi connectivity index (χ1n) is 5.44. The summed E-state index contributed by atoms with van der Waals surface area (Å²) in [6.45, 7) is 3.62. The lowest BCUT2D eigenvalue weighted by Gasteiger charge is -2.12. The second-order valence-electron chi connectivity index (χ2n) is 4.00. The van der Waals surface area contributed by atoms with E-state index in [2.05, 4.69) is 10.3 Å². The number of hydrogen-bond donors (Lipinski definition) is 2. The monoisotopic (exact) mass is 236 g/mol. The molecule has 5 heteroatoms. The Kier molecular flexibility index (Phi) is 4.63. The van der Waals surface area contributed by atoms with Gasteiger partial charge in [0.1, 0.15) is 0 Å². The van der Waals surface area contributed by atoms with Crippen LogP contribution < -0.4 is 5.32 Å². The van der Waals surface area contributed by atoms with Gasteiger partial charge in [-0.3, -0.25) is 14.6 Å². The lowest BCUT2D eigenvalue weighted by molar-refractivity contribution is -0.137. The van der Waals surface area contributed by atoms with Gasteiger partial charge in [0, 0.05) is 24.4 Å². The van der Waals surface area contributed by atoms with Crippen LogP contribution in [-0.4, -0.2) is 28.0 Å². The molecule has 2 N–H and O–H groups in total. The number of aryl methyl sites for hydroxylation is 1. The fourth-order valence-corrected chi connectivity index (χ4v) is 1.32. The average Bonchev–Trinajstić information content (AvgIpc) is 2.27. The van der Waals surface area contributed by atoms with Crippen molar-refractivity contribution in [1.82, 2.24) is 10.3 Å². The van der Waals surface area contributed by atoms with E-state index < -0.39 is 5.97 Å². The van der Waals surface area contributed by atoms with Crippen molar-refractivity contribution in [1.29, 1.82) is 0 Å². The summed E-state index contributed by atoms with van der Waals surface area (Å²) in [4.78, 5) is 26.1. The number of nitrogens with zero attached hydrogens (tertiary/aromatic N) is 1. The molecule has 1 atom stereocenters. The second kappa shape index (κ2) is 5.98. The van der Waals surface area contributed by atoms with E-state index in [9.17, 15) is 9.59 Å². The zero-order valence-corrected chi connectivity index (χ0v) is 9.93. The smallest absolute Gasteiger partial charge is 0.303 e. The lowest BCUT2D eigenvalue weighted by Crippen LogP contribution is -2.33. The van der Waals surface area contributed by atoms with Gasteiger partial charge in [0.25, 0.3) is 5.91 Å². The minimum atomic E-state index is -0.858. The molecule has 0 bridgehead atoms. The van der Waals surface area contributed by atoms with Crippen LogP contribution >= 0.6 is 0 Å². The Balaban J connectivity index is 2.48. The highest BCUT2D eigenvalue weighted by atomic mass is 16.4. The van der Waals surface area contributed by atoms with Gasteiger partial charge in [0.15, 0.2) is 0 Å². The van der Waals surface area contributed by atoms with Crippen LogP contribution in [0.15, 0.2) is 18.3 Å². The maximum atomic E-state index is 11.7. The Morgan fingerprint density at radius 2 is 2.18 bits per heavy atom. The van der Waals surface area contributed by atoms with Crippen LogP contribution in [0.2, 0.25) is 0 Å². The molecule has 0 saturated heterocycles. The lowest BCUT2D eigenvalue weighted by atomic mass is 10.1. The van der Waals surface area contributed by atoms with Crippen molar-refractivity contribution in [3.8, 4) is 0 Å². The average molecular weight is 236 g/mol. The van der Waals surface area contributed by atoms with Crippen LogP contribution in [0.1, 0.15) is 35.8 Å². The molecule has 1 heterocycles. The van der Waals surface area contributed by atoms with E-state index in [1.165, 1.54) is 6.20 Å². The summed E-state index contributed by atoms with van der Waals surface area (Å²) >= 11 is 0. The highest BCUT2D eigenvalue weighted by molar-refractivity contribution is 5.94. The number of aliphatic carboxylic acids is 1. The summed E-state index contributed by atoms with van der Waals surface area (Å²) in [5.74, 6) is -1.08. The molecule has 92 valence electrons. The van der Waals surface area contributed by atoms with Crippen molar-refractivity contribution in [2.45, 2.75) is 32.7 Å². The predicted octanol–water partition coefficient (Wildman–Crippen LogP) is 1.37. The van der Waals surface area contributed by atoms with Crippen LogP contribution in [0.4, 0.5) is 0 Å². The van der Waals surface area contributed by atoms with Gasteiger partial charge >= 0.3 is 5.97 Å². The molecule has 0 spiro atoms. The van der Waals surface area contributed by atoms with E-state index in [1.54, 1.807) is 19.1 Å². The Hall–Kier alpha value is -1.91. The van der Waals surface area contributed by atoms with Gasteiger partial charge in [-0.05, 0) is 32.4 Å². The first-order valence-corrected chi connectivity index (χ1v) is 5.44. The van der Waals surface area contributed by atoms with Crippen molar-refractivity contribution >= 4 is 11.9 Å². The molecule has 0 aliphatic rings. The summed E-state index contributed by atoms with van der Waals surface area (Å²) in [6.07, 6.45) is 1.97. The number of carbonyl (C=O) groups is 2. The SMILES string of the molecule is Cc1ccc(C(=O)N[C@@H](C)CCC(=O)O)cn1. The van der Waals surface area contributed by atoms with E-state index in [0.717, 1.165) is 5.69 Å². The van der Waals surface area contributed by atoms with Crippen molar-refractivity contribution in [3.63, 3.8) is 0 Å². The highest BCUT2D eigenvalue weighted by Crippen LogP contribution is 2.02. The third-order valence-corrected chi connectivity index (χ3v) is 2.34. The molecule has 0 aliphatic carbocycles. The van der Waals surface area contributed by atoms with Crippen molar-refractivity contribution in [2.24, 2.45) is 0 Å². The Morgan fingerprint density at radius 1 is 1.47 bits per heavy atom. The largest absolute Gasteiger partial charge is 0.481 e. The number of hydrogen-bond acceptors (Lipinski definition) is 3. The molecule has 1 aromatic rings. The van der Waals surface area contributed by atoms with E-state index >= 15 is 0 Å². The van der Waals surface area contributed by atoms with Crippen molar-refractivity contribution < 1.29 is 14.7 Å². The zero-order valence-electron chi connectivity index (χ0n) is 9.93. The van der Waals surface area contributed by atoms with Gasteiger partial charge in [0.05, 0.1) is 5.56 Å². The Bertz CT molecular complexity index is 401. The molecule has 0 aromatic carbocycles. The predicted molar refractivity (Wildman–Crippen MR) is 62.8 cm³/mol. The van der Waals surface area contributed by atoms with Crippen LogP contribution in [-0.2, 0) is 4.79 Å². The first-order chi connectivity index (χ1) is 7.99. The Morgan fingerprint density at radius 3 is 2.71 bits per heavy atom. The summed E-state index contributed by atoms with van der Waals surface area (Å²) in [5, 5.41) is 11.3. The van der Waals surface area contributed by atoms with Gasteiger partial charge in [-0.25, -0.2) is 0 Å². The fraction of sp³-hybridized carbons (Fsp3) is 0.417. The van der Waals surface area contributed by atoms with Gasteiger partial charge in [-0.1, -0.05) is 0 Å². The minimum absolute atomic E-state index is 0.0492. The van der Waals surface area contributed by atoms with E-state index in [1.807, 2.05) is 6.92 Å². The van der Waals surface area contributed by atoms with Gasteiger partial charge < -0.3 is 10.4 Å². The third kappa shape index (κ3) is 4.63. The molecule has 5 nitrogen and oxygen atoms in total.